The monoisotopic (exact) mass is 232 g/mol. The average molecular weight is 233 g/mol. The molecule has 2 unspecified atom stereocenters. The predicted octanol–water partition coefficient (Wildman–Crippen LogP) is 4.38. The Morgan fingerprint density at radius 3 is 2.25 bits per heavy atom. The van der Waals surface area contributed by atoms with Gasteiger partial charge in [-0.25, -0.2) is 0 Å². The van der Waals surface area contributed by atoms with Crippen molar-refractivity contribution < 1.29 is 0 Å². The standard InChI is InChI=1S/C11H21Br/c1-3-9(4-2)10-7-5-6-8-11(10)12/h9-11H,3-8H2,1-2H3. The molecule has 0 aromatic heterocycles. The summed E-state index contributed by atoms with van der Waals surface area (Å²) in [6, 6.07) is 0. The summed E-state index contributed by atoms with van der Waals surface area (Å²) < 4.78 is 0. The van der Waals surface area contributed by atoms with E-state index >= 15 is 0 Å². The van der Waals surface area contributed by atoms with Crippen LogP contribution in [0.3, 0.4) is 0 Å². The van der Waals surface area contributed by atoms with Crippen LogP contribution in [0.15, 0.2) is 0 Å². The van der Waals surface area contributed by atoms with Gasteiger partial charge < -0.3 is 0 Å². The molecule has 1 fully saturated rings. The molecule has 1 aliphatic rings. The Morgan fingerprint density at radius 2 is 1.75 bits per heavy atom. The maximum atomic E-state index is 3.84. The number of rotatable bonds is 3. The smallest absolute Gasteiger partial charge is 0.0176 e. The summed E-state index contributed by atoms with van der Waals surface area (Å²) in [5, 5.41) is 0. The summed E-state index contributed by atoms with van der Waals surface area (Å²) in [5.41, 5.74) is 0. The molecule has 72 valence electrons. The van der Waals surface area contributed by atoms with Crippen LogP contribution in [0.1, 0.15) is 52.4 Å². The minimum absolute atomic E-state index is 0.816. The molecule has 0 radical (unpaired) electrons. The van der Waals surface area contributed by atoms with Crippen LogP contribution in [0.5, 0.6) is 0 Å². The van der Waals surface area contributed by atoms with Crippen LogP contribution >= 0.6 is 15.9 Å². The van der Waals surface area contributed by atoms with Crippen LogP contribution in [-0.4, -0.2) is 4.83 Å². The van der Waals surface area contributed by atoms with E-state index in [-0.39, 0.29) is 0 Å². The van der Waals surface area contributed by atoms with Crippen LogP contribution < -0.4 is 0 Å². The lowest BCUT2D eigenvalue weighted by atomic mass is 9.77. The van der Waals surface area contributed by atoms with Crippen LogP contribution in [0, 0.1) is 11.8 Å². The largest absolute Gasteiger partial charge is 0.0888 e. The van der Waals surface area contributed by atoms with Gasteiger partial charge in [-0.2, -0.15) is 0 Å². The van der Waals surface area contributed by atoms with Crippen LogP contribution in [-0.2, 0) is 0 Å². The van der Waals surface area contributed by atoms with Crippen molar-refractivity contribution in [1.82, 2.24) is 0 Å². The van der Waals surface area contributed by atoms with E-state index in [2.05, 4.69) is 29.8 Å². The fourth-order valence-electron chi connectivity index (χ4n) is 2.54. The molecule has 0 bridgehead atoms. The SMILES string of the molecule is CCC(CC)C1CCCCC1Br. The first-order valence-corrected chi connectivity index (χ1v) is 6.35. The Labute approximate surface area is 85.3 Å². The van der Waals surface area contributed by atoms with Gasteiger partial charge in [0.25, 0.3) is 0 Å². The second-order valence-corrected chi connectivity index (χ2v) is 5.22. The second kappa shape index (κ2) is 5.26. The highest BCUT2D eigenvalue weighted by atomic mass is 79.9. The first-order chi connectivity index (χ1) is 5.79. The molecule has 0 aromatic carbocycles. The second-order valence-electron chi connectivity index (χ2n) is 4.04. The lowest BCUT2D eigenvalue weighted by molar-refractivity contribution is 0.247. The summed E-state index contributed by atoms with van der Waals surface area (Å²) in [5.74, 6) is 1.93. The van der Waals surface area contributed by atoms with Gasteiger partial charge in [-0.3, -0.25) is 0 Å². The predicted molar refractivity (Wildman–Crippen MR) is 58.7 cm³/mol. The van der Waals surface area contributed by atoms with Crippen molar-refractivity contribution in [2.75, 3.05) is 0 Å². The number of alkyl halides is 1. The number of hydrogen-bond acceptors (Lipinski definition) is 0. The first-order valence-electron chi connectivity index (χ1n) is 5.43. The van der Waals surface area contributed by atoms with E-state index in [1.165, 1.54) is 38.5 Å². The van der Waals surface area contributed by atoms with E-state index in [0.717, 1.165) is 16.7 Å². The van der Waals surface area contributed by atoms with Gasteiger partial charge in [-0.05, 0) is 24.7 Å². The molecule has 1 heteroatoms. The normalized spacial score (nSPS) is 31.0. The third-order valence-corrected chi connectivity index (χ3v) is 4.52. The summed E-state index contributed by atoms with van der Waals surface area (Å²) in [4.78, 5) is 0.816. The third kappa shape index (κ3) is 2.48. The van der Waals surface area contributed by atoms with Gasteiger partial charge >= 0.3 is 0 Å². The molecule has 0 aliphatic heterocycles. The molecule has 0 amide bonds. The van der Waals surface area contributed by atoms with Crippen molar-refractivity contribution in [3.8, 4) is 0 Å². The van der Waals surface area contributed by atoms with Crippen molar-refractivity contribution in [3.05, 3.63) is 0 Å². The van der Waals surface area contributed by atoms with Crippen molar-refractivity contribution in [2.45, 2.75) is 57.2 Å². The minimum Gasteiger partial charge on any atom is -0.0888 e. The molecule has 0 heterocycles. The number of halogens is 1. The highest BCUT2D eigenvalue weighted by Crippen LogP contribution is 2.37. The fourth-order valence-corrected chi connectivity index (χ4v) is 3.56. The van der Waals surface area contributed by atoms with E-state index in [1.54, 1.807) is 0 Å². The summed E-state index contributed by atoms with van der Waals surface area (Å²) in [6.07, 6.45) is 8.49. The van der Waals surface area contributed by atoms with Gasteiger partial charge in [0.15, 0.2) is 0 Å². The van der Waals surface area contributed by atoms with E-state index in [1.807, 2.05) is 0 Å². The highest BCUT2D eigenvalue weighted by molar-refractivity contribution is 9.09. The van der Waals surface area contributed by atoms with Gasteiger partial charge in [0.1, 0.15) is 0 Å². The summed E-state index contributed by atoms with van der Waals surface area (Å²) in [6.45, 7) is 4.67. The molecule has 0 N–H and O–H groups in total. The Kier molecular flexibility index (Phi) is 4.63. The van der Waals surface area contributed by atoms with Gasteiger partial charge in [0.2, 0.25) is 0 Å². The van der Waals surface area contributed by atoms with Gasteiger partial charge in [0, 0.05) is 4.83 Å². The number of hydrogen-bond donors (Lipinski definition) is 0. The first kappa shape index (κ1) is 10.6. The van der Waals surface area contributed by atoms with Crippen LogP contribution in [0.25, 0.3) is 0 Å². The fraction of sp³-hybridized carbons (Fsp3) is 1.00. The Hall–Kier alpha value is 0.480. The minimum atomic E-state index is 0.816. The van der Waals surface area contributed by atoms with Crippen molar-refractivity contribution in [2.24, 2.45) is 11.8 Å². The maximum absolute atomic E-state index is 3.84. The van der Waals surface area contributed by atoms with Crippen molar-refractivity contribution >= 4 is 15.9 Å². The Bertz CT molecular complexity index is 118. The van der Waals surface area contributed by atoms with Gasteiger partial charge in [-0.1, -0.05) is 55.5 Å². The summed E-state index contributed by atoms with van der Waals surface area (Å²) in [7, 11) is 0. The maximum Gasteiger partial charge on any atom is 0.0176 e. The molecule has 0 spiro atoms. The van der Waals surface area contributed by atoms with E-state index in [9.17, 15) is 0 Å². The van der Waals surface area contributed by atoms with Crippen LogP contribution in [0.4, 0.5) is 0 Å². The summed E-state index contributed by atoms with van der Waals surface area (Å²) >= 11 is 3.84. The molecular formula is C11H21Br. The van der Waals surface area contributed by atoms with Crippen molar-refractivity contribution in [1.29, 1.82) is 0 Å². The molecule has 12 heavy (non-hydrogen) atoms. The Morgan fingerprint density at radius 1 is 1.17 bits per heavy atom. The molecule has 0 saturated heterocycles. The van der Waals surface area contributed by atoms with Crippen LogP contribution in [0.2, 0.25) is 0 Å². The quantitative estimate of drug-likeness (QED) is 0.634. The molecule has 1 saturated carbocycles. The van der Waals surface area contributed by atoms with E-state index in [4.69, 9.17) is 0 Å². The molecular weight excluding hydrogens is 212 g/mol. The Balaban J connectivity index is 2.45. The van der Waals surface area contributed by atoms with Gasteiger partial charge in [-0.15, -0.1) is 0 Å². The highest BCUT2D eigenvalue weighted by Gasteiger charge is 2.27. The zero-order chi connectivity index (χ0) is 8.97. The lowest BCUT2D eigenvalue weighted by Crippen LogP contribution is -2.26. The topological polar surface area (TPSA) is 0 Å². The lowest BCUT2D eigenvalue weighted by Gasteiger charge is -2.33. The van der Waals surface area contributed by atoms with Crippen molar-refractivity contribution in [3.63, 3.8) is 0 Å². The van der Waals surface area contributed by atoms with Gasteiger partial charge in [0.05, 0.1) is 0 Å². The third-order valence-electron chi connectivity index (χ3n) is 3.39. The molecule has 2 atom stereocenters. The average Bonchev–Trinajstić information content (AvgIpc) is 2.10. The zero-order valence-corrected chi connectivity index (χ0v) is 9.94. The molecule has 1 aliphatic carbocycles. The molecule has 0 aromatic rings. The van der Waals surface area contributed by atoms with E-state index in [0.29, 0.717) is 0 Å². The zero-order valence-electron chi connectivity index (χ0n) is 8.35. The molecule has 0 nitrogen and oxygen atoms in total. The van der Waals surface area contributed by atoms with E-state index < -0.39 is 0 Å². The molecule has 1 rings (SSSR count).